The lowest BCUT2D eigenvalue weighted by Crippen LogP contribution is -2.29. The third-order valence-electron chi connectivity index (χ3n) is 3.23. The zero-order valence-electron chi connectivity index (χ0n) is 9.92. The molecule has 1 nitrogen and oxygen atoms in total. The molecular weight excluding hydrogens is 190 g/mol. The zero-order valence-corrected chi connectivity index (χ0v) is 10.8. The summed E-state index contributed by atoms with van der Waals surface area (Å²) in [5, 5.41) is 0. The van der Waals surface area contributed by atoms with Gasteiger partial charge in [0.05, 0.1) is 0 Å². The van der Waals surface area contributed by atoms with Crippen LogP contribution in [0.4, 0.5) is 0 Å². The van der Waals surface area contributed by atoms with Gasteiger partial charge in [-0.1, -0.05) is 27.2 Å². The number of hydrogen-bond donors (Lipinski definition) is 1. The Labute approximate surface area is 94.7 Å². The molecule has 1 aliphatic heterocycles. The van der Waals surface area contributed by atoms with E-state index in [1.54, 1.807) is 0 Å². The highest BCUT2D eigenvalue weighted by Gasteiger charge is 2.29. The van der Waals surface area contributed by atoms with Gasteiger partial charge in [-0.3, -0.25) is 0 Å². The highest BCUT2D eigenvalue weighted by atomic mass is 32.1. The highest BCUT2D eigenvalue weighted by Crippen LogP contribution is 2.29. The van der Waals surface area contributed by atoms with Crippen LogP contribution in [0.1, 0.15) is 40.0 Å². The number of hydrogen-bond acceptors (Lipinski definition) is 2. The fourth-order valence-electron chi connectivity index (χ4n) is 2.39. The lowest BCUT2D eigenvalue weighted by Gasteiger charge is -2.23. The Morgan fingerprint density at radius 1 is 1.43 bits per heavy atom. The van der Waals surface area contributed by atoms with E-state index < -0.39 is 0 Å². The molecule has 1 aliphatic rings. The van der Waals surface area contributed by atoms with Crippen LogP contribution >= 0.6 is 12.6 Å². The summed E-state index contributed by atoms with van der Waals surface area (Å²) >= 11 is 4.44. The maximum absolute atomic E-state index is 4.44. The normalized spacial score (nSPS) is 24.0. The number of nitrogens with zero attached hydrogens (tertiary/aromatic N) is 1. The first-order chi connectivity index (χ1) is 6.57. The van der Waals surface area contributed by atoms with E-state index in [0.29, 0.717) is 5.41 Å². The van der Waals surface area contributed by atoms with E-state index in [2.05, 4.69) is 38.3 Å². The summed E-state index contributed by atoms with van der Waals surface area (Å²) in [6, 6.07) is 0. The van der Waals surface area contributed by atoms with Crippen molar-refractivity contribution < 1.29 is 0 Å². The Bertz CT molecular complexity index is 168. The average molecular weight is 215 g/mol. The lowest BCUT2D eigenvalue weighted by molar-refractivity contribution is 0.252. The van der Waals surface area contributed by atoms with E-state index in [1.165, 1.54) is 38.9 Å². The van der Waals surface area contributed by atoms with E-state index in [-0.39, 0.29) is 0 Å². The summed E-state index contributed by atoms with van der Waals surface area (Å²) in [4.78, 5) is 2.62. The van der Waals surface area contributed by atoms with E-state index in [9.17, 15) is 0 Å². The van der Waals surface area contributed by atoms with Gasteiger partial charge in [0.2, 0.25) is 0 Å². The largest absolute Gasteiger partial charge is 0.302 e. The van der Waals surface area contributed by atoms with Gasteiger partial charge in [-0.2, -0.15) is 12.6 Å². The number of likely N-dealkylation sites (tertiary alicyclic amines) is 1. The summed E-state index contributed by atoms with van der Waals surface area (Å²) < 4.78 is 0. The van der Waals surface area contributed by atoms with Crippen LogP contribution in [0.15, 0.2) is 0 Å². The molecule has 2 heteroatoms. The molecule has 84 valence electrons. The molecule has 0 amide bonds. The molecule has 0 spiro atoms. The van der Waals surface area contributed by atoms with E-state index >= 15 is 0 Å². The third-order valence-corrected chi connectivity index (χ3v) is 3.74. The van der Waals surface area contributed by atoms with Gasteiger partial charge in [0.1, 0.15) is 0 Å². The molecule has 14 heavy (non-hydrogen) atoms. The van der Waals surface area contributed by atoms with Gasteiger partial charge in [-0.05, 0) is 36.5 Å². The van der Waals surface area contributed by atoms with Gasteiger partial charge < -0.3 is 4.90 Å². The first-order valence-electron chi connectivity index (χ1n) is 5.90. The van der Waals surface area contributed by atoms with Crippen molar-refractivity contribution in [3.8, 4) is 0 Å². The topological polar surface area (TPSA) is 3.24 Å². The first-order valence-corrected chi connectivity index (χ1v) is 6.54. The Hall–Kier alpha value is 0.310. The quantitative estimate of drug-likeness (QED) is 0.690. The van der Waals surface area contributed by atoms with Crippen molar-refractivity contribution in [3.63, 3.8) is 0 Å². The minimum Gasteiger partial charge on any atom is -0.302 e. The van der Waals surface area contributed by atoms with Crippen LogP contribution < -0.4 is 0 Å². The van der Waals surface area contributed by atoms with Gasteiger partial charge >= 0.3 is 0 Å². The van der Waals surface area contributed by atoms with Gasteiger partial charge in [0.15, 0.2) is 0 Å². The molecule has 0 radical (unpaired) electrons. The molecule has 0 aromatic heterocycles. The molecule has 1 unspecified atom stereocenters. The molecule has 0 bridgehead atoms. The second kappa shape index (κ2) is 5.41. The first kappa shape index (κ1) is 12.4. The molecule has 0 aromatic rings. The predicted octanol–water partition coefficient (Wildman–Crippen LogP) is 3.06. The van der Waals surface area contributed by atoms with Gasteiger partial charge in [-0.15, -0.1) is 0 Å². The predicted molar refractivity (Wildman–Crippen MR) is 67.1 cm³/mol. The minimum atomic E-state index is 0.549. The van der Waals surface area contributed by atoms with Crippen molar-refractivity contribution in [2.45, 2.75) is 40.0 Å². The van der Waals surface area contributed by atoms with Crippen LogP contribution in [0, 0.1) is 11.3 Å². The molecule has 1 saturated heterocycles. The molecular formula is C12H25NS. The van der Waals surface area contributed by atoms with Gasteiger partial charge in [0, 0.05) is 13.1 Å². The van der Waals surface area contributed by atoms with E-state index in [1.807, 2.05) is 0 Å². The number of rotatable bonds is 5. The second-order valence-corrected chi connectivity index (χ2v) is 5.85. The van der Waals surface area contributed by atoms with Crippen LogP contribution in [0.3, 0.4) is 0 Å². The fourth-order valence-corrected chi connectivity index (χ4v) is 2.69. The highest BCUT2D eigenvalue weighted by molar-refractivity contribution is 7.80. The maximum Gasteiger partial charge on any atom is 0.00333 e. The standard InChI is InChI=1S/C12H25NS/c1-4-5-11(9-14)8-13-7-6-12(2,3)10-13/h11,14H,4-10H2,1-3H3. The Balaban J connectivity index is 2.30. The summed E-state index contributed by atoms with van der Waals surface area (Å²) in [7, 11) is 0. The van der Waals surface area contributed by atoms with Crippen LogP contribution in [-0.2, 0) is 0 Å². The fraction of sp³-hybridized carbons (Fsp3) is 1.00. The van der Waals surface area contributed by atoms with Gasteiger partial charge in [-0.25, -0.2) is 0 Å². The molecule has 1 atom stereocenters. The molecule has 1 rings (SSSR count). The minimum absolute atomic E-state index is 0.549. The Morgan fingerprint density at radius 2 is 2.14 bits per heavy atom. The van der Waals surface area contributed by atoms with Crippen molar-refractivity contribution in [3.05, 3.63) is 0 Å². The summed E-state index contributed by atoms with van der Waals surface area (Å²) in [6.45, 7) is 10.9. The molecule has 0 aliphatic carbocycles. The second-order valence-electron chi connectivity index (χ2n) is 5.49. The average Bonchev–Trinajstić information content (AvgIpc) is 2.45. The van der Waals surface area contributed by atoms with Crippen molar-refractivity contribution in [2.75, 3.05) is 25.4 Å². The third kappa shape index (κ3) is 3.82. The van der Waals surface area contributed by atoms with Crippen LogP contribution in [0.2, 0.25) is 0 Å². The molecule has 1 heterocycles. The summed E-state index contributed by atoms with van der Waals surface area (Å²) in [6.07, 6.45) is 3.99. The van der Waals surface area contributed by atoms with E-state index in [0.717, 1.165) is 11.7 Å². The SMILES string of the molecule is CCCC(CS)CN1CCC(C)(C)C1. The van der Waals surface area contributed by atoms with Gasteiger partial charge in [0.25, 0.3) is 0 Å². The van der Waals surface area contributed by atoms with Crippen molar-refractivity contribution in [2.24, 2.45) is 11.3 Å². The zero-order chi connectivity index (χ0) is 10.6. The summed E-state index contributed by atoms with van der Waals surface area (Å²) in [5.41, 5.74) is 0.549. The summed E-state index contributed by atoms with van der Waals surface area (Å²) in [5.74, 6) is 1.85. The van der Waals surface area contributed by atoms with Crippen molar-refractivity contribution >= 4 is 12.6 Å². The lowest BCUT2D eigenvalue weighted by atomic mass is 9.93. The van der Waals surface area contributed by atoms with Crippen LogP contribution in [0.5, 0.6) is 0 Å². The number of thiol groups is 1. The maximum atomic E-state index is 4.44. The Kier molecular flexibility index (Phi) is 4.78. The molecule has 1 fully saturated rings. The van der Waals surface area contributed by atoms with Crippen molar-refractivity contribution in [1.82, 2.24) is 4.90 Å². The smallest absolute Gasteiger partial charge is 0.00333 e. The van der Waals surface area contributed by atoms with Crippen LogP contribution in [-0.4, -0.2) is 30.3 Å². The van der Waals surface area contributed by atoms with E-state index in [4.69, 9.17) is 0 Å². The molecule has 0 saturated carbocycles. The molecule has 0 aromatic carbocycles. The Morgan fingerprint density at radius 3 is 2.57 bits per heavy atom. The van der Waals surface area contributed by atoms with Crippen LogP contribution in [0.25, 0.3) is 0 Å². The van der Waals surface area contributed by atoms with Crippen molar-refractivity contribution in [1.29, 1.82) is 0 Å². The molecule has 0 N–H and O–H groups in total. The monoisotopic (exact) mass is 215 g/mol.